The molecule has 0 aliphatic rings. The summed E-state index contributed by atoms with van der Waals surface area (Å²) in [6, 6.07) is 0. The Morgan fingerprint density at radius 3 is 2.58 bits per heavy atom. The Hall–Kier alpha value is -1.30. The summed E-state index contributed by atoms with van der Waals surface area (Å²) in [6.07, 6.45) is 1.78. The van der Waals surface area contributed by atoms with Crippen molar-refractivity contribution in [3.63, 3.8) is 0 Å². The van der Waals surface area contributed by atoms with Crippen molar-refractivity contribution in [1.29, 1.82) is 0 Å². The molecule has 0 fully saturated rings. The molecule has 6 heteroatoms. The van der Waals surface area contributed by atoms with Crippen LogP contribution in [0.25, 0.3) is 0 Å². The van der Waals surface area contributed by atoms with Gasteiger partial charge in [0.25, 0.3) is 0 Å². The summed E-state index contributed by atoms with van der Waals surface area (Å²) in [4.78, 5) is 14.0. The van der Waals surface area contributed by atoms with E-state index >= 15 is 0 Å². The van der Waals surface area contributed by atoms with Gasteiger partial charge in [-0.1, -0.05) is 0 Å². The smallest absolute Gasteiger partial charge is 0.217 e. The zero-order valence-corrected chi connectivity index (χ0v) is 6.79. The monoisotopic (exact) mass is 174 g/mol. The number of aliphatic imine (C=N–C) groups is 1. The zero-order valence-electron chi connectivity index (χ0n) is 6.79. The molecule has 0 aromatic heterocycles. The van der Waals surface area contributed by atoms with Crippen LogP contribution in [0.3, 0.4) is 0 Å². The van der Waals surface area contributed by atoms with Gasteiger partial charge in [0.2, 0.25) is 11.9 Å². The van der Waals surface area contributed by atoms with Crippen LogP contribution < -0.4 is 16.9 Å². The Labute approximate surface area is 70.6 Å². The predicted octanol–water partition coefficient (Wildman–Crippen LogP) is -1.06. The molecule has 70 valence electrons. The molecule has 0 unspecified atom stereocenters. The second-order valence-electron chi connectivity index (χ2n) is 2.30. The van der Waals surface area contributed by atoms with E-state index < -0.39 is 0 Å². The zero-order chi connectivity index (χ0) is 9.40. The molecular weight excluding hydrogens is 160 g/mol. The molecule has 0 atom stereocenters. The molecule has 0 aliphatic heterocycles. The van der Waals surface area contributed by atoms with E-state index in [4.69, 9.17) is 16.7 Å². The fourth-order valence-corrected chi connectivity index (χ4v) is 0.646. The van der Waals surface area contributed by atoms with Gasteiger partial charge in [0.15, 0.2) is 0 Å². The van der Waals surface area contributed by atoms with Gasteiger partial charge in [-0.15, -0.1) is 0 Å². The van der Waals surface area contributed by atoms with Crippen LogP contribution in [0.1, 0.15) is 19.3 Å². The summed E-state index contributed by atoms with van der Waals surface area (Å²) in [6.45, 7) is 0.479. The lowest BCUT2D eigenvalue weighted by Crippen LogP contribution is -2.28. The molecule has 0 aliphatic carbocycles. The van der Waals surface area contributed by atoms with Gasteiger partial charge in [0.1, 0.15) is 0 Å². The summed E-state index contributed by atoms with van der Waals surface area (Å²) in [5, 5.41) is 8.20. The van der Waals surface area contributed by atoms with Gasteiger partial charge < -0.3 is 11.5 Å². The Kier molecular flexibility index (Phi) is 5.72. The van der Waals surface area contributed by atoms with Crippen LogP contribution in [0.2, 0.25) is 0 Å². The van der Waals surface area contributed by atoms with Crippen molar-refractivity contribution in [3.8, 4) is 0 Å². The minimum absolute atomic E-state index is 0.0194. The Morgan fingerprint density at radius 2 is 2.08 bits per heavy atom. The number of amides is 1. The molecule has 0 aromatic carbocycles. The van der Waals surface area contributed by atoms with Crippen LogP contribution in [0.4, 0.5) is 0 Å². The van der Waals surface area contributed by atoms with Crippen molar-refractivity contribution in [2.45, 2.75) is 19.3 Å². The molecule has 0 rings (SSSR count). The van der Waals surface area contributed by atoms with Gasteiger partial charge in [-0.3, -0.25) is 15.0 Å². The Bertz CT molecular complexity index is 169. The van der Waals surface area contributed by atoms with Crippen molar-refractivity contribution < 1.29 is 10.0 Å². The minimum Gasteiger partial charge on any atom is -0.370 e. The highest BCUT2D eigenvalue weighted by Crippen LogP contribution is 1.93. The van der Waals surface area contributed by atoms with Crippen molar-refractivity contribution in [1.82, 2.24) is 5.48 Å². The molecule has 1 amide bonds. The van der Waals surface area contributed by atoms with E-state index in [0.717, 1.165) is 6.42 Å². The molecule has 0 heterocycles. The van der Waals surface area contributed by atoms with Gasteiger partial charge in [-0.25, -0.2) is 5.48 Å². The topological polar surface area (TPSA) is 114 Å². The second kappa shape index (κ2) is 6.41. The van der Waals surface area contributed by atoms with E-state index in [1.165, 1.54) is 0 Å². The standard InChI is InChI=1S/C6H14N4O2/c7-5(11)3-1-2-4-9-6(8)10-12/h12H,1-4H2,(H2,7,11)(H3,8,9,10). The summed E-state index contributed by atoms with van der Waals surface area (Å²) in [5.74, 6) is -0.332. The number of carbonyl (C=O) groups excluding carboxylic acids is 1. The van der Waals surface area contributed by atoms with Crippen molar-refractivity contribution >= 4 is 11.9 Å². The van der Waals surface area contributed by atoms with E-state index in [1.54, 1.807) is 5.48 Å². The number of nitrogens with two attached hydrogens (primary N) is 2. The molecule has 0 spiro atoms. The number of unbranched alkanes of at least 4 members (excludes halogenated alkanes) is 1. The van der Waals surface area contributed by atoms with E-state index in [-0.39, 0.29) is 11.9 Å². The van der Waals surface area contributed by atoms with Gasteiger partial charge >= 0.3 is 0 Å². The SMILES string of the molecule is NC(=O)CCCCN=C(N)NO. The number of hydrogen-bond acceptors (Lipinski definition) is 3. The fraction of sp³-hybridized carbons (Fsp3) is 0.667. The fourth-order valence-electron chi connectivity index (χ4n) is 0.646. The lowest BCUT2D eigenvalue weighted by molar-refractivity contribution is -0.118. The number of carbonyl (C=O) groups is 1. The largest absolute Gasteiger partial charge is 0.370 e. The van der Waals surface area contributed by atoms with E-state index in [1.807, 2.05) is 0 Å². The summed E-state index contributed by atoms with van der Waals surface area (Å²) in [5.41, 5.74) is 11.7. The van der Waals surface area contributed by atoms with E-state index in [2.05, 4.69) is 4.99 Å². The van der Waals surface area contributed by atoms with Gasteiger partial charge in [-0.05, 0) is 12.8 Å². The highest BCUT2D eigenvalue weighted by molar-refractivity contribution is 5.76. The third-order valence-corrected chi connectivity index (χ3v) is 1.23. The van der Waals surface area contributed by atoms with Crippen LogP contribution >= 0.6 is 0 Å². The molecule has 6 nitrogen and oxygen atoms in total. The highest BCUT2D eigenvalue weighted by Gasteiger charge is 1.93. The summed E-state index contributed by atoms with van der Waals surface area (Å²) >= 11 is 0. The van der Waals surface area contributed by atoms with Crippen LogP contribution in [0.15, 0.2) is 4.99 Å². The van der Waals surface area contributed by atoms with Gasteiger partial charge in [-0.2, -0.15) is 0 Å². The molecule has 0 aromatic rings. The molecule has 6 N–H and O–H groups in total. The number of hydroxylamine groups is 1. The quantitative estimate of drug-likeness (QED) is 0.184. The number of primary amides is 1. The van der Waals surface area contributed by atoms with E-state index in [9.17, 15) is 4.79 Å². The normalized spacial score (nSPS) is 11.2. The van der Waals surface area contributed by atoms with Crippen LogP contribution in [-0.4, -0.2) is 23.6 Å². The third-order valence-electron chi connectivity index (χ3n) is 1.23. The average Bonchev–Trinajstić information content (AvgIpc) is 2.03. The van der Waals surface area contributed by atoms with Crippen LogP contribution in [-0.2, 0) is 4.79 Å². The highest BCUT2D eigenvalue weighted by atomic mass is 16.5. The van der Waals surface area contributed by atoms with Crippen molar-refractivity contribution in [2.24, 2.45) is 16.5 Å². The first kappa shape index (κ1) is 10.7. The average molecular weight is 174 g/mol. The van der Waals surface area contributed by atoms with Gasteiger partial charge in [0, 0.05) is 13.0 Å². The molecule has 0 saturated carbocycles. The Balaban J connectivity index is 3.27. The van der Waals surface area contributed by atoms with Gasteiger partial charge in [0.05, 0.1) is 0 Å². The maximum atomic E-state index is 10.3. The maximum Gasteiger partial charge on any atom is 0.217 e. The van der Waals surface area contributed by atoms with E-state index in [0.29, 0.717) is 19.4 Å². The Morgan fingerprint density at radius 1 is 1.42 bits per heavy atom. The number of rotatable bonds is 5. The number of guanidine groups is 1. The maximum absolute atomic E-state index is 10.3. The number of nitrogens with zero attached hydrogens (tertiary/aromatic N) is 1. The summed E-state index contributed by atoms with van der Waals surface area (Å²) < 4.78 is 0. The number of nitrogens with one attached hydrogen (secondary N) is 1. The summed E-state index contributed by atoms with van der Waals surface area (Å²) in [7, 11) is 0. The first-order valence-corrected chi connectivity index (χ1v) is 3.65. The molecular formula is C6H14N4O2. The second-order valence-corrected chi connectivity index (χ2v) is 2.30. The first-order chi connectivity index (χ1) is 5.66. The van der Waals surface area contributed by atoms with Crippen molar-refractivity contribution in [3.05, 3.63) is 0 Å². The molecule has 12 heavy (non-hydrogen) atoms. The minimum atomic E-state index is -0.313. The lowest BCUT2D eigenvalue weighted by atomic mass is 10.2. The lowest BCUT2D eigenvalue weighted by Gasteiger charge is -1.97. The van der Waals surface area contributed by atoms with Crippen LogP contribution in [0, 0.1) is 0 Å². The van der Waals surface area contributed by atoms with Crippen molar-refractivity contribution in [2.75, 3.05) is 6.54 Å². The molecule has 0 saturated heterocycles. The first-order valence-electron chi connectivity index (χ1n) is 3.65. The molecule has 0 bridgehead atoms. The predicted molar refractivity (Wildman–Crippen MR) is 44.5 cm³/mol. The molecule has 0 radical (unpaired) electrons. The third kappa shape index (κ3) is 6.81. The van der Waals surface area contributed by atoms with Crippen LogP contribution in [0.5, 0.6) is 0 Å². The number of hydrogen-bond donors (Lipinski definition) is 4.